The molecule has 1 N–H and O–H groups in total. The highest BCUT2D eigenvalue weighted by Crippen LogP contribution is 2.65. The molecule has 23 heavy (non-hydrogen) atoms. The van der Waals surface area contributed by atoms with E-state index in [1.54, 1.807) is 7.11 Å². The van der Waals surface area contributed by atoms with Crippen molar-refractivity contribution in [3.05, 3.63) is 65.7 Å². The van der Waals surface area contributed by atoms with E-state index >= 15 is 0 Å². The third-order valence-electron chi connectivity index (χ3n) is 4.84. The summed E-state index contributed by atoms with van der Waals surface area (Å²) in [5, 5.41) is 10.1. The van der Waals surface area contributed by atoms with Gasteiger partial charge in [-0.25, -0.2) is 0 Å². The number of benzene rings is 2. The molecule has 2 aromatic carbocycles. The third kappa shape index (κ3) is 2.39. The number of methoxy groups -OCH3 is 2. The summed E-state index contributed by atoms with van der Waals surface area (Å²) in [7, 11) is 3.00. The minimum atomic E-state index is -0.622. The highest BCUT2D eigenvalue weighted by Gasteiger charge is 2.69. The smallest absolute Gasteiger partial charge is 0.310 e. The van der Waals surface area contributed by atoms with Gasteiger partial charge in [-0.15, -0.1) is 0 Å². The van der Waals surface area contributed by atoms with Crippen LogP contribution in [-0.2, 0) is 14.9 Å². The zero-order valence-corrected chi connectivity index (χ0v) is 13.2. The summed E-state index contributed by atoms with van der Waals surface area (Å²) >= 11 is 0. The van der Waals surface area contributed by atoms with Crippen LogP contribution in [0.1, 0.15) is 17.0 Å². The number of hydrogen-bond donors (Lipinski definition) is 1. The Bertz CT molecular complexity index is 680. The Hall–Kier alpha value is -2.33. The number of esters is 1. The van der Waals surface area contributed by atoms with Crippen molar-refractivity contribution < 1.29 is 19.4 Å². The molecule has 4 heteroatoms. The molecule has 1 fully saturated rings. The molecule has 1 saturated carbocycles. The Morgan fingerprint density at radius 3 is 2.26 bits per heavy atom. The van der Waals surface area contributed by atoms with Gasteiger partial charge in [-0.3, -0.25) is 4.79 Å². The third-order valence-corrected chi connectivity index (χ3v) is 4.84. The molecule has 3 atom stereocenters. The van der Waals surface area contributed by atoms with Crippen LogP contribution in [0, 0.1) is 5.92 Å². The fourth-order valence-corrected chi connectivity index (χ4v) is 3.61. The van der Waals surface area contributed by atoms with Crippen molar-refractivity contribution in [2.24, 2.45) is 5.92 Å². The molecule has 0 bridgehead atoms. The molecule has 1 aliphatic carbocycles. The maximum Gasteiger partial charge on any atom is 0.310 e. The summed E-state index contributed by atoms with van der Waals surface area (Å²) in [5.74, 6) is -0.0106. The number of aliphatic hydroxyl groups is 1. The molecule has 2 aromatic rings. The predicted octanol–water partition coefficient (Wildman–Crippen LogP) is 2.51. The zero-order chi connectivity index (χ0) is 16.4. The van der Waals surface area contributed by atoms with Gasteiger partial charge in [-0.2, -0.15) is 0 Å². The molecule has 0 saturated heterocycles. The molecular formula is C19H20O4. The fourth-order valence-electron chi connectivity index (χ4n) is 3.61. The lowest BCUT2D eigenvalue weighted by Gasteiger charge is -2.16. The van der Waals surface area contributed by atoms with E-state index in [-0.39, 0.29) is 24.4 Å². The molecule has 3 rings (SSSR count). The summed E-state index contributed by atoms with van der Waals surface area (Å²) in [6, 6.07) is 17.3. The highest BCUT2D eigenvalue weighted by atomic mass is 16.5. The fraction of sp³-hybridized carbons (Fsp3) is 0.316. The summed E-state index contributed by atoms with van der Waals surface area (Å²) in [6.07, 6.45) is 0. The van der Waals surface area contributed by atoms with Crippen molar-refractivity contribution in [1.29, 1.82) is 0 Å². The Labute approximate surface area is 135 Å². The SMILES string of the molecule is COC(=O)[C@@H]1[C@@H](c2ccc(OC)cc2)[C@]1(CO)c1ccccc1. The van der Waals surface area contributed by atoms with Gasteiger partial charge < -0.3 is 14.6 Å². The monoisotopic (exact) mass is 312 g/mol. The Morgan fingerprint density at radius 1 is 1.09 bits per heavy atom. The van der Waals surface area contributed by atoms with E-state index in [0.717, 1.165) is 16.9 Å². The molecule has 0 aliphatic heterocycles. The molecule has 120 valence electrons. The lowest BCUT2D eigenvalue weighted by Crippen LogP contribution is -2.20. The van der Waals surface area contributed by atoms with Crippen LogP contribution >= 0.6 is 0 Å². The van der Waals surface area contributed by atoms with E-state index in [4.69, 9.17) is 9.47 Å². The second kappa shape index (κ2) is 6.05. The maximum atomic E-state index is 12.3. The summed E-state index contributed by atoms with van der Waals surface area (Å²) in [5.41, 5.74) is 1.33. The van der Waals surface area contributed by atoms with Crippen LogP contribution in [0.4, 0.5) is 0 Å². The van der Waals surface area contributed by atoms with Crippen LogP contribution in [0.15, 0.2) is 54.6 Å². The summed E-state index contributed by atoms with van der Waals surface area (Å²) in [6.45, 7) is -0.104. The van der Waals surface area contributed by atoms with Gasteiger partial charge in [0.2, 0.25) is 0 Å². The quantitative estimate of drug-likeness (QED) is 0.862. The molecule has 1 aliphatic rings. The zero-order valence-electron chi connectivity index (χ0n) is 13.2. The van der Waals surface area contributed by atoms with Crippen molar-refractivity contribution >= 4 is 5.97 Å². The largest absolute Gasteiger partial charge is 0.497 e. The van der Waals surface area contributed by atoms with E-state index in [0.29, 0.717) is 0 Å². The van der Waals surface area contributed by atoms with Gasteiger partial charge in [0.25, 0.3) is 0 Å². The van der Waals surface area contributed by atoms with Crippen LogP contribution in [0.2, 0.25) is 0 Å². The van der Waals surface area contributed by atoms with Crippen molar-refractivity contribution in [3.8, 4) is 5.75 Å². The van der Waals surface area contributed by atoms with Crippen molar-refractivity contribution in [2.75, 3.05) is 20.8 Å². The Balaban J connectivity index is 2.04. The van der Waals surface area contributed by atoms with Crippen molar-refractivity contribution in [3.63, 3.8) is 0 Å². The minimum Gasteiger partial charge on any atom is -0.497 e. The van der Waals surface area contributed by atoms with Crippen molar-refractivity contribution in [1.82, 2.24) is 0 Å². The van der Waals surface area contributed by atoms with Gasteiger partial charge in [0.05, 0.1) is 26.7 Å². The Kier molecular flexibility index (Phi) is 4.09. The first kappa shape index (κ1) is 15.6. The number of aliphatic hydroxyl groups excluding tert-OH is 1. The molecule has 0 aromatic heterocycles. The average molecular weight is 312 g/mol. The molecular weight excluding hydrogens is 292 g/mol. The molecule has 0 radical (unpaired) electrons. The van der Waals surface area contributed by atoms with E-state index in [1.165, 1.54) is 7.11 Å². The van der Waals surface area contributed by atoms with Crippen LogP contribution in [0.25, 0.3) is 0 Å². The number of rotatable bonds is 5. The summed E-state index contributed by atoms with van der Waals surface area (Å²) < 4.78 is 10.2. The first-order chi connectivity index (χ1) is 11.2. The van der Waals surface area contributed by atoms with Crippen LogP contribution < -0.4 is 4.74 Å². The van der Waals surface area contributed by atoms with Gasteiger partial charge in [0.1, 0.15) is 5.75 Å². The maximum absolute atomic E-state index is 12.3. The van der Waals surface area contributed by atoms with Gasteiger partial charge in [0.15, 0.2) is 0 Å². The van der Waals surface area contributed by atoms with E-state index in [9.17, 15) is 9.90 Å². The average Bonchev–Trinajstić information content (AvgIpc) is 3.32. The van der Waals surface area contributed by atoms with E-state index in [1.807, 2.05) is 54.6 Å². The number of carbonyl (C=O) groups is 1. The summed E-state index contributed by atoms with van der Waals surface area (Å²) in [4.78, 5) is 12.3. The van der Waals surface area contributed by atoms with Crippen LogP contribution in [0.5, 0.6) is 5.75 Å². The second-order valence-electron chi connectivity index (χ2n) is 5.82. The van der Waals surface area contributed by atoms with Crippen LogP contribution in [-0.4, -0.2) is 31.9 Å². The minimum absolute atomic E-state index is 0.103. The topological polar surface area (TPSA) is 55.8 Å². The lowest BCUT2D eigenvalue weighted by atomic mass is 9.90. The van der Waals surface area contributed by atoms with Gasteiger partial charge in [-0.1, -0.05) is 42.5 Å². The number of carbonyl (C=O) groups excluding carboxylic acids is 1. The van der Waals surface area contributed by atoms with Gasteiger partial charge in [-0.05, 0) is 23.3 Å². The number of hydrogen-bond acceptors (Lipinski definition) is 4. The molecule has 0 amide bonds. The molecule has 0 spiro atoms. The highest BCUT2D eigenvalue weighted by molar-refractivity contribution is 5.82. The number of ether oxygens (including phenoxy) is 2. The molecule has 0 heterocycles. The van der Waals surface area contributed by atoms with Crippen LogP contribution in [0.3, 0.4) is 0 Å². The van der Waals surface area contributed by atoms with E-state index < -0.39 is 5.41 Å². The molecule has 0 unspecified atom stereocenters. The van der Waals surface area contributed by atoms with Crippen molar-refractivity contribution in [2.45, 2.75) is 11.3 Å². The standard InChI is InChI=1S/C19H20O4/c1-22-15-10-8-13(9-11-15)16-17(18(21)23-2)19(16,12-20)14-6-4-3-5-7-14/h3-11,16-17,20H,12H2,1-2H3/t16-,17+,19+/m1/s1. The van der Waals surface area contributed by atoms with Gasteiger partial charge in [0, 0.05) is 11.3 Å². The first-order valence-corrected chi connectivity index (χ1v) is 7.57. The first-order valence-electron chi connectivity index (χ1n) is 7.57. The second-order valence-corrected chi connectivity index (χ2v) is 5.82. The normalized spacial score (nSPS) is 25.7. The molecule has 4 nitrogen and oxygen atoms in total. The Morgan fingerprint density at radius 2 is 1.74 bits per heavy atom. The van der Waals surface area contributed by atoms with E-state index in [2.05, 4.69) is 0 Å². The van der Waals surface area contributed by atoms with Gasteiger partial charge >= 0.3 is 5.97 Å². The predicted molar refractivity (Wildman–Crippen MR) is 86.4 cm³/mol. The lowest BCUT2D eigenvalue weighted by molar-refractivity contribution is -0.143.